The second-order valence-electron chi connectivity index (χ2n) is 7.41. The molecular weight excluding hydrogens is 380 g/mol. The van der Waals surface area contributed by atoms with E-state index in [2.05, 4.69) is 37.0 Å². The Morgan fingerprint density at radius 2 is 1.83 bits per heavy atom. The Hall–Kier alpha value is -3.26. The average Bonchev–Trinajstić information content (AvgIpc) is 3.12. The average molecular weight is 406 g/mol. The third kappa shape index (κ3) is 3.91. The normalized spacial score (nSPS) is 15.8. The molecule has 1 aromatic carbocycles. The van der Waals surface area contributed by atoms with E-state index in [1.807, 2.05) is 36.7 Å². The van der Waals surface area contributed by atoms with E-state index in [-0.39, 0.29) is 6.17 Å². The Kier molecular flexibility index (Phi) is 5.76. The van der Waals surface area contributed by atoms with Crippen molar-refractivity contribution >= 4 is 12.0 Å². The quantitative estimate of drug-likeness (QED) is 0.582. The smallest absolute Gasteiger partial charge is 0.232 e. The SMILES string of the molecule is COc1cnc(-c2ccccc2N2CCN(C(C=O)n3nc(C)cc3C)CC2)cn1. The summed E-state index contributed by atoms with van der Waals surface area (Å²) in [4.78, 5) is 25.2. The maximum atomic E-state index is 11.9. The van der Waals surface area contributed by atoms with Crippen LogP contribution in [0.15, 0.2) is 42.7 Å². The first-order valence-corrected chi connectivity index (χ1v) is 10.0. The predicted octanol–water partition coefficient (Wildman–Crippen LogP) is 2.49. The van der Waals surface area contributed by atoms with Gasteiger partial charge in [0.1, 0.15) is 0 Å². The fraction of sp³-hybridized carbons (Fsp3) is 0.364. The molecule has 30 heavy (non-hydrogen) atoms. The van der Waals surface area contributed by atoms with Crippen LogP contribution < -0.4 is 9.64 Å². The standard InChI is InChI=1S/C22H26N6O2/c1-16-12-17(2)28(25-16)22(15-29)27-10-8-26(9-11-27)20-7-5-4-6-18(20)19-13-24-21(30-3)14-23-19/h4-7,12-15,22H,8-11H2,1-3H3. The van der Waals surface area contributed by atoms with Gasteiger partial charge < -0.3 is 9.64 Å². The summed E-state index contributed by atoms with van der Waals surface area (Å²) >= 11 is 0. The zero-order chi connectivity index (χ0) is 21.1. The van der Waals surface area contributed by atoms with Crippen LogP contribution in [-0.2, 0) is 4.79 Å². The van der Waals surface area contributed by atoms with Crippen molar-refractivity contribution < 1.29 is 9.53 Å². The number of ether oxygens (including phenoxy) is 1. The Morgan fingerprint density at radius 1 is 1.07 bits per heavy atom. The van der Waals surface area contributed by atoms with Crippen LogP contribution in [0.25, 0.3) is 11.3 Å². The molecule has 3 heterocycles. The van der Waals surface area contributed by atoms with E-state index in [9.17, 15) is 4.79 Å². The van der Waals surface area contributed by atoms with Crippen molar-refractivity contribution in [3.05, 3.63) is 54.1 Å². The molecule has 1 fully saturated rings. The molecule has 0 radical (unpaired) electrons. The molecule has 0 N–H and O–H groups in total. The predicted molar refractivity (Wildman–Crippen MR) is 115 cm³/mol. The molecule has 1 saturated heterocycles. The van der Waals surface area contributed by atoms with Crippen LogP contribution in [0.1, 0.15) is 17.6 Å². The molecule has 3 aromatic rings. The number of aldehydes is 1. The molecule has 4 rings (SSSR count). The Balaban J connectivity index is 1.52. The van der Waals surface area contributed by atoms with E-state index < -0.39 is 0 Å². The van der Waals surface area contributed by atoms with Crippen molar-refractivity contribution in [1.82, 2.24) is 24.6 Å². The minimum atomic E-state index is -0.372. The number of methoxy groups -OCH3 is 1. The van der Waals surface area contributed by atoms with Gasteiger partial charge in [0.05, 0.1) is 30.9 Å². The molecule has 156 valence electrons. The van der Waals surface area contributed by atoms with E-state index in [0.717, 1.165) is 60.8 Å². The molecule has 0 amide bonds. The summed E-state index contributed by atoms with van der Waals surface area (Å²) in [5.74, 6) is 0.494. The zero-order valence-electron chi connectivity index (χ0n) is 17.5. The highest BCUT2D eigenvalue weighted by molar-refractivity contribution is 5.76. The van der Waals surface area contributed by atoms with Gasteiger partial charge in [-0.25, -0.2) is 14.6 Å². The molecule has 8 nitrogen and oxygen atoms in total. The number of nitrogens with zero attached hydrogens (tertiary/aromatic N) is 6. The van der Waals surface area contributed by atoms with E-state index >= 15 is 0 Å². The van der Waals surface area contributed by atoms with Crippen LogP contribution in [-0.4, -0.2) is 64.2 Å². The molecule has 1 unspecified atom stereocenters. The van der Waals surface area contributed by atoms with Gasteiger partial charge in [-0.3, -0.25) is 9.69 Å². The molecule has 2 aromatic heterocycles. The number of aryl methyl sites for hydroxylation is 2. The molecule has 0 saturated carbocycles. The third-order valence-electron chi connectivity index (χ3n) is 5.46. The highest BCUT2D eigenvalue weighted by Gasteiger charge is 2.27. The van der Waals surface area contributed by atoms with Crippen molar-refractivity contribution in [1.29, 1.82) is 0 Å². The van der Waals surface area contributed by atoms with Gasteiger partial charge >= 0.3 is 0 Å². The second-order valence-corrected chi connectivity index (χ2v) is 7.41. The summed E-state index contributed by atoms with van der Waals surface area (Å²) in [6.45, 7) is 7.09. The minimum Gasteiger partial charge on any atom is -0.480 e. The number of para-hydroxylation sites is 1. The number of anilines is 1. The van der Waals surface area contributed by atoms with Gasteiger partial charge in [-0.2, -0.15) is 5.10 Å². The Bertz CT molecular complexity index is 1010. The zero-order valence-corrected chi connectivity index (χ0v) is 17.5. The highest BCUT2D eigenvalue weighted by Crippen LogP contribution is 2.31. The van der Waals surface area contributed by atoms with Gasteiger partial charge in [-0.15, -0.1) is 0 Å². The van der Waals surface area contributed by atoms with Gasteiger partial charge in [0.15, 0.2) is 12.5 Å². The largest absolute Gasteiger partial charge is 0.480 e. The number of hydrogen-bond donors (Lipinski definition) is 0. The monoisotopic (exact) mass is 406 g/mol. The van der Waals surface area contributed by atoms with Crippen LogP contribution in [0.2, 0.25) is 0 Å². The second kappa shape index (κ2) is 8.62. The molecule has 1 atom stereocenters. The number of aromatic nitrogens is 4. The lowest BCUT2D eigenvalue weighted by molar-refractivity contribution is -0.116. The Morgan fingerprint density at radius 3 is 2.43 bits per heavy atom. The fourth-order valence-electron chi connectivity index (χ4n) is 3.97. The molecule has 0 spiro atoms. The van der Waals surface area contributed by atoms with Gasteiger partial charge in [-0.05, 0) is 26.0 Å². The minimum absolute atomic E-state index is 0.372. The van der Waals surface area contributed by atoms with Crippen molar-refractivity contribution in [3.63, 3.8) is 0 Å². The lowest BCUT2D eigenvalue weighted by Crippen LogP contribution is -2.49. The number of carbonyl (C=O) groups is 1. The molecule has 8 heteroatoms. The third-order valence-corrected chi connectivity index (χ3v) is 5.46. The fourth-order valence-corrected chi connectivity index (χ4v) is 3.97. The van der Waals surface area contributed by atoms with E-state index in [1.54, 1.807) is 19.5 Å². The molecule has 1 aliphatic rings. The van der Waals surface area contributed by atoms with Gasteiger partial charge in [0.2, 0.25) is 5.88 Å². The van der Waals surface area contributed by atoms with E-state index in [1.165, 1.54) is 0 Å². The molecule has 0 aliphatic carbocycles. The summed E-state index contributed by atoms with van der Waals surface area (Å²) < 4.78 is 6.94. The summed E-state index contributed by atoms with van der Waals surface area (Å²) in [6.07, 6.45) is 3.98. The van der Waals surface area contributed by atoms with Crippen LogP contribution in [0.3, 0.4) is 0 Å². The van der Waals surface area contributed by atoms with Crippen LogP contribution in [0.4, 0.5) is 5.69 Å². The first kappa shape index (κ1) is 20.0. The molecular formula is C22H26N6O2. The van der Waals surface area contributed by atoms with E-state index in [0.29, 0.717) is 5.88 Å². The van der Waals surface area contributed by atoms with Crippen molar-refractivity contribution in [2.24, 2.45) is 0 Å². The highest BCUT2D eigenvalue weighted by atomic mass is 16.5. The maximum absolute atomic E-state index is 11.9. The number of piperazine rings is 1. The van der Waals surface area contributed by atoms with Crippen LogP contribution in [0.5, 0.6) is 5.88 Å². The van der Waals surface area contributed by atoms with Crippen molar-refractivity contribution in [2.75, 3.05) is 38.2 Å². The number of rotatable bonds is 6. The molecule has 0 bridgehead atoms. The topological polar surface area (TPSA) is 76.4 Å². The van der Waals surface area contributed by atoms with Crippen molar-refractivity contribution in [3.8, 4) is 17.1 Å². The lowest BCUT2D eigenvalue weighted by Gasteiger charge is -2.39. The lowest BCUT2D eigenvalue weighted by atomic mass is 10.1. The summed E-state index contributed by atoms with van der Waals surface area (Å²) in [5, 5.41) is 4.51. The van der Waals surface area contributed by atoms with Crippen molar-refractivity contribution in [2.45, 2.75) is 20.0 Å². The summed E-state index contributed by atoms with van der Waals surface area (Å²) in [7, 11) is 1.58. The number of benzene rings is 1. The van der Waals surface area contributed by atoms with Crippen LogP contribution >= 0.6 is 0 Å². The maximum Gasteiger partial charge on any atom is 0.232 e. The molecule has 1 aliphatic heterocycles. The number of carbonyl (C=O) groups excluding carboxylic acids is 1. The number of hydrogen-bond acceptors (Lipinski definition) is 7. The summed E-state index contributed by atoms with van der Waals surface area (Å²) in [5.41, 5.74) is 4.88. The first-order valence-electron chi connectivity index (χ1n) is 10.0. The Labute approximate surface area is 176 Å². The van der Waals surface area contributed by atoms with Crippen LogP contribution in [0, 0.1) is 13.8 Å². The van der Waals surface area contributed by atoms with Gasteiger partial charge in [-0.1, -0.05) is 18.2 Å². The van der Waals surface area contributed by atoms with Gasteiger partial charge in [0, 0.05) is 43.1 Å². The summed E-state index contributed by atoms with van der Waals surface area (Å²) in [6, 6.07) is 10.2. The first-order chi connectivity index (χ1) is 14.6. The van der Waals surface area contributed by atoms with E-state index in [4.69, 9.17) is 4.74 Å². The van der Waals surface area contributed by atoms with Gasteiger partial charge in [0.25, 0.3) is 0 Å².